The van der Waals surface area contributed by atoms with Gasteiger partial charge in [-0.15, -0.1) is 0 Å². The number of nitrogens with zero attached hydrogens (tertiary/aromatic N) is 2. The third-order valence-electron chi connectivity index (χ3n) is 4.50. The van der Waals surface area contributed by atoms with Gasteiger partial charge in [-0.2, -0.15) is 5.26 Å². The van der Waals surface area contributed by atoms with Gasteiger partial charge >= 0.3 is 6.03 Å². The third-order valence-corrected chi connectivity index (χ3v) is 4.50. The van der Waals surface area contributed by atoms with Gasteiger partial charge in [-0.3, -0.25) is 0 Å². The second-order valence-corrected chi connectivity index (χ2v) is 6.74. The second kappa shape index (κ2) is 8.39. The Labute approximate surface area is 154 Å². The number of carbonyl (C=O) groups excluding carboxylic acids is 1. The van der Waals surface area contributed by atoms with Crippen molar-refractivity contribution < 1.29 is 9.53 Å². The lowest BCUT2D eigenvalue weighted by molar-refractivity contribution is 0.221. The van der Waals surface area contributed by atoms with Gasteiger partial charge in [-0.1, -0.05) is 31.2 Å². The Morgan fingerprint density at radius 1 is 1.27 bits per heavy atom. The van der Waals surface area contributed by atoms with Crippen LogP contribution < -0.4 is 10.1 Å². The summed E-state index contributed by atoms with van der Waals surface area (Å²) in [6, 6.07) is 17.3. The maximum absolute atomic E-state index is 12.3. The zero-order valence-electron chi connectivity index (χ0n) is 14.9. The van der Waals surface area contributed by atoms with Crippen LogP contribution in [0.5, 0.6) is 5.75 Å². The normalized spacial score (nSPS) is 16.2. The molecule has 0 aliphatic carbocycles. The molecule has 1 aliphatic heterocycles. The lowest BCUT2D eigenvalue weighted by atomic mass is 10.1. The molecule has 3 rings (SSSR count). The molecule has 26 heavy (non-hydrogen) atoms. The monoisotopic (exact) mass is 349 g/mol. The summed E-state index contributed by atoms with van der Waals surface area (Å²) in [6.45, 7) is 4.22. The molecule has 1 heterocycles. The number of hydrogen-bond acceptors (Lipinski definition) is 3. The zero-order valence-corrected chi connectivity index (χ0v) is 14.9. The van der Waals surface area contributed by atoms with Gasteiger partial charge in [-0.25, -0.2) is 4.79 Å². The number of rotatable bonds is 5. The molecule has 2 aromatic rings. The predicted octanol–water partition coefficient (Wildman–Crippen LogP) is 4.21. The van der Waals surface area contributed by atoms with E-state index in [2.05, 4.69) is 18.3 Å². The summed E-state index contributed by atoms with van der Waals surface area (Å²) < 4.78 is 5.79. The molecule has 0 radical (unpaired) electrons. The smallest absolute Gasteiger partial charge is 0.321 e. The molecule has 0 spiro atoms. The van der Waals surface area contributed by atoms with Gasteiger partial charge in [-0.05, 0) is 47.7 Å². The van der Waals surface area contributed by atoms with E-state index >= 15 is 0 Å². The van der Waals surface area contributed by atoms with Crippen LogP contribution in [0.4, 0.5) is 10.5 Å². The molecule has 134 valence electrons. The summed E-state index contributed by atoms with van der Waals surface area (Å²) in [6.07, 6.45) is 1.46. The first-order valence-corrected chi connectivity index (χ1v) is 8.87. The van der Waals surface area contributed by atoms with E-state index in [1.54, 1.807) is 0 Å². The number of benzene rings is 2. The molecular formula is C21H23N3O2. The number of carbonyl (C=O) groups is 1. The number of likely N-dealkylation sites (tertiary alicyclic amines) is 1. The van der Waals surface area contributed by atoms with Gasteiger partial charge in [0.2, 0.25) is 0 Å². The predicted molar refractivity (Wildman–Crippen MR) is 101 cm³/mol. The standard InChI is InChI=1S/C21H23N3O2/c1-16-10-12-24(14-16)21(25)23-19-4-2-3-18(13-19)15-26-20-7-5-17(6-8-20)9-11-22/h2-8,13,16H,9-10,12,14-15H2,1H3,(H,23,25). The molecule has 2 amide bonds. The summed E-state index contributed by atoms with van der Waals surface area (Å²) >= 11 is 0. The van der Waals surface area contributed by atoms with E-state index in [1.807, 2.05) is 53.4 Å². The van der Waals surface area contributed by atoms with E-state index in [0.717, 1.165) is 42.1 Å². The van der Waals surface area contributed by atoms with Crippen molar-refractivity contribution in [1.29, 1.82) is 5.26 Å². The Morgan fingerprint density at radius 2 is 2.08 bits per heavy atom. The zero-order chi connectivity index (χ0) is 18.4. The minimum atomic E-state index is -0.0412. The number of amides is 2. The fourth-order valence-corrected chi connectivity index (χ4v) is 3.02. The maximum Gasteiger partial charge on any atom is 0.321 e. The number of nitrogens with one attached hydrogen (secondary N) is 1. The van der Waals surface area contributed by atoms with E-state index in [9.17, 15) is 4.79 Å². The highest BCUT2D eigenvalue weighted by Crippen LogP contribution is 2.19. The van der Waals surface area contributed by atoms with E-state index in [1.165, 1.54) is 0 Å². The van der Waals surface area contributed by atoms with Crippen LogP contribution in [0.2, 0.25) is 0 Å². The van der Waals surface area contributed by atoms with Crippen LogP contribution in [-0.4, -0.2) is 24.0 Å². The van der Waals surface area contributed by atoms with Gasteiger partial charge in [0.05, 0.1) is 12.5 Å². The first-order chi connectivity index (χ1) is 12.6. The SMILES string of the molecule is CC1CCN(C(=O)Nc2cccc(COc3ccc(CC#N)cc3)c2)C1. The van der Waals surface area contributed by atoms with Crippen LogP contribution >= 0.6 is 0 Å². The average molecular weight is 349 g/mol. The molecule has 0 bridgehead atoms. The average Bonchev–Trinajstić information content (AvgIpc) is 3.08. The molecule has 1 saturated heterocycles. The van der Waals surface area contributed by atoms with Crippen molar-refractivity contribution in [3.8, 4) is 11.8 Å². The first kappa shape index (κ1) is 17.8. The minimum Gasteiger partial charge on any atom is -0.489 e. The Balaban J connectivity index is 1.55. The van der Waals surface area contributed by atoms with Crippen molar-refractivity contribution in [2.75, 3.05) is 18.4 Å². The van der Waals surface area contributed by atoms with Crippen LogP contribution in [0.15, 0.2) is 48.5 Å². The Hall–Kier alpha value is -3.00. The van der Waals surface area contributed by atoms with E-state index < -0.39 is 0 Å². The highest BCUT2D eigenvalue weighted by molar-refractivity contribution is 5.89. The molecule has 1 N–H and O–H groups in total. The summed E-state index contributed by atoms with van der Waals surface area (Å²) in [7, 11) is 0. The van der Waals surface area contributed by atoms with Crippen LogP contribution in [-0.2, 0) is 13.0 Å². The third kappa shape index (κ3) is 4.76. The fraction of sp³-hybridized carbons (Fsp3) is 0.333. The lowest BCUT2D eigenvalue weighted by Gasteiger charge is -2.17. The molecule has 5 nitrogen and oxygen atoms in total. The van der Waals surface area contributed by atoms with Gasteiger partial charge in [0.15, 0.2) is 0 Å². The molecule has 0 saturated carbocycles. The molecule has 1 unspecified atom stereocenters. The Bertz CT molecular complexity index is 796. The number of urea groups is 1. The highest BCUT2D eigenvalue weighted by Gasteiger charge is 2.23. The summed E-state index contributed by atoms with van der Waals surface area (Å²) in [5.74, 6) is 1.33. The van der Waals surface area contributed by atoms with Crippen molar-refractivity contribution in [2.24, 2.45) is 5.92 Å². The summed E-state index contributed by atoms with van der Waals surface area (Å²) in [4.78, 5) is 14.2. The van der Waals surface area contributed by atoms with Gasteiger partial charge in [0.25, 0.3) is 0 Å². The van der Waals surface area contributed by atoms with Crippen molar-refractivity contribution >= 4 is 11.7 Å². The molecule has 1 fully saturated rings. The largest absolute Gasteiger partial charge is 0.489 e. The van der Waals surface area contributed by atoms with Crippen LogP contribution in [0, 0.1) is 17.2 Å². The van der Waals surface area contributed by atoms with E-state index in [4.69, 9.17) is 10.00 Å². The van der Waals surface area contributed by atoms with Crippen LogP contribution in [0.1, 0.15) is 24.5 Å². The van der Waals surface area contributed by atoms with E-state index in [0.29, 0.717) is 18.9 Å². The molecule has 1 atom stereocenters. The van der Waals surface area contributed by atoms with E-state index in [-0.39, 0.29) is 6.03 Å². The Morgan fingerprint density at radius 3 is 2.77 bits per heavy atom. The number of hydrogen-bond donors (Lipinski definition) is 1. The van der Waals surface area contributed by atoms with Gasteiger partial charge in [0, 0.05) is 18.8 Å². The fourth-order valence-electron chi connectivity index (χ4n) is 3.02. The maximum atomic E-state index is 12.3. The first-order valence-electron chi connectivity index (χ1n) is 8.87. The van der Waals surface area contributed by atoms with Crippen LogP contribution in [0.3, 0.4) is 0 Å². The number of ether oxygens (including phenoxy) is 1. The molecular weight excluding hydrogens is 326 g/mol. The van der Waals surface area contributed by atoms with Gasteiger partial charge < -0.3 is 15.0 Å². The molecule has 0 aromatic heterocycles. The quantitative estimate of drug-likeness (QED) is 0.879. The van der Waals surface area contributed by atoms with Crippen molar-refractivity contribution in [1.82, 2.24) is 4.90 Å². The van der Waals surface area contributed by atoms with Crippen molar-refractivity contribution in [3.63, 3.8) is 0 Å². The lowest BCUT2D eigenvalue weighted by Crippen LogP contribution is -2.32. The molecule has 1 aliphatic rings. The second-order valence-electron chi connectivity index (χ2n) is 6.74. The number of nitriles is 1. The number of anilines is 1. The Kier molecular flexibility index (Phi) is 5.75. The molecule has 2 aromatic carbocycles. The van der Waals surface area contributed by atoms with Gasteiger partial charge in [0.1, 0.15) is 12.4 Å². The van der Waals surface area contributed by atoms with Crippen molar-refractivity contribution in [3.05, 3.63) is 59.7 Å². The summed E-state index contributed by atoms with van der Waals surface area (Å²) in [5, 5.41) is 11.7. The van der Waals surface area contributed by atoms with Crippen LogP contribution in [0.25, 0.3) is 0 Å². The van der Waals surface area contributed by atoms with Crippen molar-refractivity contribution in [2.45, 2.75) is 26.4 Å². The highest BCUT2D eigenvalue weighted by atomic mass is 16.5. The molecule has 5 heteroatoms. The summed E-state index contributed by atoms with van der Waals surface area (Å²) in [5.41, 5.74) is 2.74. The topological polar surface area (TPSA) is 65.4 Å². The minimum absolute atomic E-state index is 0.0412.